The Kier molecular flexibility index (Phi) is 4.54. The van der Waals surface area contributed by atoms with E-state index in [-0.39, 0.29) is 35.7 Å². The number of fused-ring (bicyclic) bond motifs is 1. The van der Waals surface area contributed by atoms with E-state index in [2.05, 4.69) is 15.9 Å². The van der Waals surface area contributed by atoms with Gasteiger partial charge in [-0.25, -0.2) is 4.79 Å². The smallest absolute Gasteiger partial charge is 0.327 e. The van der Waals surface area contributed by atoms with Crippen molar-refractivity contribution < 1.29 is 14.3 Å². The molecule has 1 aromatic heterocycles. The fraction of sp³-hybridized carbons (Fsp3) is 0.611. The average Bonchev–Trinajstić information content (AvgIpc) is 3.18. The molecule has 0 unspecified atom stereocenters. The van der Waals surface area contributed by atoms with Crippen molar-refractivity contribution in [1.29, 1.82) is 0 Å². The Morgan fingerprint density at radius 2 is 1.85 bits per heavy atom. The minimum Gasteiger partial charge on any atom is -0.489 e. The van der Waals surface area contributed by atoms with Crippen molar-refractivity contribution in [2.24, 2.45) is 7.05 Å². The van der Waals surface area contributed by atoms with Gasteiger partial charge in [-0.3, -0.25) is 14.5 Å². The first-order valence-electron chi connectivity index (χ1n) is 9.12. The number of hydrogen-bond acceptors (Lipinski definition) is 4. The molecule has 140 valence electrons. The zero-order valence-corrected chi connectivity index (χ0v) is 16.3. The van der Waals surface area contributed by atoms with E-state index < -0.39 is 0 Å². The van der Waals surface area contributed by atoms with E-state index in [9.17, 15) is 14.4 Å². The molecule has 4 rings (SSSR count). The van der Waals surface area contributed by atoms with Crippen molar-refractivity contribution in [3.05, 3.63) is 27.1 Å². The van der Waals surface area contributed by atoms with Crippen molar-refractivity contribution in [2.75, 3.05) is 6.54 Å². The van der Waals surface area contributed by atoms with Crippen molar-refractivity contribution >= 4 is 27.9 Å². The van der Waals surface area contributed by atoms with Crippen LogP contribution < -0.4 is 10.3 Å². The van der Waals surface area contributed by atoms with Crippen molar-refractivity contribution in [3.63, 3.8) is 0 Å². The quantitative estimate of drug-likeness (QED) is 0.698. The Balaban J connectivity index is 1.39. The minimum absolute atomic E-state index is 0.0118. The van der Waals surface area contributed by atoms with E-state index in [4.69, 9.17) is 4.74 Å². The lowest BCUT2D eigenvalue weighted by Gasteiger charge is -2.33. The maximum absolute atomic E-state index is 12.6. The van der Waals surface area contributed by atoms with E-state index in [1.807, 2.05) is 0 Å². The lowest BCUT2D eigenvalue weighted by atomic mass is 9.91. The number of carbonyl (C=O) groups is 2. The summed E-state index contributed by atoms with van der Waals surface area (Å²) in [5.41, 5.74) is -0.120. The number of carbonyl (C=O) groups excluding carboxylic acids is 2. The number of aromatic nitrogens is 1. The molecule has 7 nitrogen and oxygen atoms in total. The van der Waals surface area contributed by atoms with Gasteiger partial charge in [-0.1, -0.05) is 0 Å². The number of nitrogens with zero attached hydrogens (tertiary/aromatic N) is 3. The summed E-state index contributed by atoms with van der Waals surface area (Å²) in [6.07, 6.45) is 6.39. The number of amides is 3. The molecule has 8 heteroatoms. The Labute approximate surface area is 160 Å². The summed E-state index contributed by atoms with van der Waals surface area (Å²) in [5.74, 6) is 0.525. The lowest BCUT2D eigenvalue weighted by molar-refractivity contribution is -0.130. The highest BCUT2D eigenvalue weighted by Crippen LogP contribution is 2.34. The Morgan fingerprint density at radius 3 is 2.54 bits per heavy atom. The largest absolute Gasteiger partial charge is 0.489 e. The van der Waals surface area contributed by atoms with E-state index in [0.29, 0.717) is 12.3 Å². The summed E-state index contributed by atoms with van der Waals surface area (Å²) in [6.45, 7) is 0.696. The fourth-order valence-electron chi connectivity index (χ4n) is 4.25. The van der Waals surface area contributed by atoms with Crippen LogP contribution in [0.3, 0.4) is 0 Å². The van der Waals surface area contributed by atoms with Gasteiger partial charge in [-0.15, -0.1) is 0 Å². The molecule has 0 radical (unpaired) electrons. The molecule has 3 amide bonds. The second kappa shape index (κ2) is 6.72. The van der Waals surface area contributed by atoms with Gasteiger partial charge in [-0.05, 0) is 54.5 Å². The van der Waals surface area contributed by atoms with Gasteiger partial charge in [-0.2, -0.15) is 0 Å². The maximum Gasteiger partial charge on any atom is 0.327 e. The molecule has 0 aromatic carbocycles. The molecule has 1 aromatic rings. The first kappa shape index (κ1) is 17.6. The minimum atomic E-state index is -0.229. The predicted molar refractivity (Wildman–Crippen MR) is 98.0 cm³/mol. The fourth-order valence-corrected chi connectivity index (χ4v) is 4.77. The third-order valence-corrected chi connectivity index (χ3v) is 6.27. The number of hydrogen-bond donors (Lipinski definition) is 0. The second-order valence-electron chi connectivity index (χ2n) is 7.33. The highest BCUT2D eigenvalue weighted by atomic mass is 79.9. The first-order valence-corrected chi connectivity index (χ1v) is 9.91. The van der Waals surface area contributed by atoms with Crippen LogP contribution in [-0.4, -0.2) is 51.0 Å². The van der Waals surface area contributed by atoms with Crippen LogP contribution >= 0.6 is 15.9 Å². The second-order valence-corrected chi connectivity index (χ2v) is 8.18. The number of halogens is 1. The highest BCUT2D eigenvalue weighted by molar-refractivity contribution is 9.10. The number of pyridine rings is 1. The standard InChI is InChI=1S/C18H22BrN3O4/c1-20-10-13(19)15(9-16(20)23)26-12-6-4-11(5-7-12)22-17(24)14-3-2-8-21(14)18(22)25/h9-12,14H,2-8H2,1H3/t11?,12?,14-/m1/s1. The summed E-state index contributed by atoms with van der Waals surface area (Å²) in [4.78, 5) is 40.1. The molecule has 3 heterocycles. The van der Waals surface area contributed by atoms with Crippen LogP contribution in [0.4, 0.5) is 4.79 Å². The highest BCUT2D eigenvalue weighted by Gasteiger charge is 2.50. The molecule has 1 aliphatic carbocycles. The van der Waals surface area contributed by atoms with Crippen LogP contribution in [0.15, 0.2) is 21.5 Å². The molecular weight excluding hydrogens is 402 g/mol. The molecule has 0 bridgehead atoms. The van der Waals surface area contributed by atoms with Crippen LogP contribution in [0.25, 0.3) is 0 Å². The zero-order valence-electron chi connectivity index (χ0n) is 14.7. The van der Waals surface area contributed by atoms with Crippen molar-refractivity contribution in [3.8, 4) is 5.75 Å². The van der Waals surface area contributed by atoms with E-state index in [1.54, 1.807) is 18.1 Å². The molecular formula is C18H22BrN3O4. The van der Waals surface area contributed by atoms with Crippen LogP contribution in [-0.2, 0) is 11.8 Å². The topological polar surface area (TPSA) is 71.8 Å². The summed E-state index contributed by atoms with van der Waals surface area (Å²) in [7, 11) is 1.69. The molecule has 2 aliphatic heterocycles. The molecule has 3 aliphatic rings. The Morgan fingerprint density at radius 1 is 1.12 bits per heavy atom. The molecule has 26 heavy (non-hydrogen) atoms. The maximum atomic E-state index is 12.6. The average molecular weight is 424 g/mol. The molecule has 3 fully saturated rings. The molecule has 1 atom stereocenters. The molecule has 1 saturated carbocycles. The molecule has 0 N–H and O–H groups in total. The molecule has 2 saturated heterocycles. The number of imide groups is 1. The zero-order chi connectivity index (χ0) is 18.4. The van der Waals surface area contributed by atoms with Crippen molar-refractivity contribution in [2.45, 2.75) is 56.7 Å². The van der Waals surface area contributed by atoms with Crippen LogP contribution in [0.1, 0.15) is 38.5 Å². The van der Waals surface area contributed by atoms with Gasteiger partial charge >= 0.3 is 6.03 Å². The number of aryl methyl sites for hydroxylation is 1. The number of urea groups is 1. The van der Waals surface area contributed by atoms with Gasteiger partial charge in [0, 0.05) is 31.9 Å². The SMILES string of the molecule is Cn1cc(Br)c(OC2CCC(N3C(=O)[C@H]4CCCN4C3=O)CC2)cc1=O. The lowest BCUT2D eigenvalue weighted by Crippen LogP contribution is -2.44. The van der Waals surface area contributed by atoms with Crippen molar-refractivity contribution in [1.82, 2.24) is 14.4 Å². The van der Waals surface area contributed by atoms with Gasteiger partial charge < -0.3 is 14.2 Å². The molecule has 0 spiro atoms. The van der Waals surface area contributed by atoms with Gasteiger partial charge in [0.2, 0.25) is 0 Å². The number of ether oxygens (including phenoxy) is 1. The monoisotopic (exact) mass is 423 g/mol. The van der Waals surface area contributed by atoms with Crippen LogP contribution in [0.5, 0.6) is 5.75 Å². The third kappa shape index (κ3) is 2.94. The summed E-state index contributed by atoms with van der Waals surface area (Å²) < 4.78 is 8.24. The third-order valence-electron chi connectivity index (χ3n) is 5.67. The van der Waals surface area contributed by atoms with Crippen LogP contribution in [0.2, 0.25) is 0 Å². The summed E-state index contributed by atoms with van der Waals surface area (Å²) >= 11 is 3.43. The summed E-state index contributed by atoms with van der Waals surface area (Å²) in [6, 6.07) is 1.11. The van der Waals surface area contributed by atoms with Gasteiger partial charge in [0.25, 0.3) is 11.5 Å². The van der Waals surface area contributed by atoms with Gasteiger partial charge in [0.15, 0.2) is 0 Å². The van der Waals surface area contributed by atoms with Gasteiger partial charge in [0.1, 0.15) is 11.8 Å². The Hall–Kier alpha value is -1.83. The van der Waals surface area contributed by atoms with E-state index >= 15 is 0 Å². The first-order chi connectivity index (χ1) is 12.5. The predicted octanol–water partition coefficient (Wildman–Crippen LogP) is 2.26. The van der Waals surface area contributed by atoms with Gasteiger partial charge in [0.05, 0.1) is 10.6 Å². The van der Waals surface area contributed by atoms with E-state index in [1.165, 1.54) is 15.5 Å². The normalized spacial score (nSPS) is 28.6. The van der Waals surface area contributed by atoms with Crippen LogP contribution in [0, 0.1) is 0 Å². The summed E-state index contributed by atoms with van der Waals surface area (Å²) in [5, 5.41) is 0. The Bertz CT molecular complexity index is 778. The number of rotatable bonds is 3. The van der Waals surface area contributed by atoms with E-state index in [0.717, 1.165) is 43.0 Å².